The van der Waals surface area contributed by atoms with Crippen molar-refractivity contribution in [1.82, 2.24) is 0 Å². The first-order valence-electron chi connectivity index (χ1n) is 5.36. The van der Waals surface area contributed by atoms with Crippen LogP contribution in [0.4, 0.5) is 0 Å². The Morgan fingerprint density at radius 1 is 1.29 bits per heavy atom. The van der Waals surface area contributed by atoms with Crippen LogP contribution < -0.4 is 0 Å². The van der Waals surface area contributed by atoms with Crippen molar-refractivity contribution in [2.75, 3.05) is 13.2 Å². The van der Waals surface area contributed by atoms with Crippen LogP contribution in [0.5, 0.6) is 0 Å². The maximum absolute atomic E-state index is 11.2. The number of hydrogen-bond acceptors (Lipinski definition) is 3. The van der Waals surface area contributed by atoms with E-state index < -0.39 is 0 Å². The third-order valence-electron chi connectivity index (χ3n) is 1.78. The van der Waals surface area contributed by atoms with E-state index in [0.717, 1.165) is 19.4 Å². The molecule has 0 rings (SSSR count). The standard InChI is InChI=1S/C11H22O3/c1-5-6-7-13-8-10(4)14-11(12)9(2)3/h9-10H,5-8H2,1-4H3. The summed E-state index contributed by atoms with van der Waals surface area (Å²) in [6.07, 6.45) is 2.05. The second-order valence-electron chi connectivity index (χ2n) is 3.83. The van der Waals surface area contributed by atoms with Gasteiger partial charge >= 0.3 is 5.97 Å². The van der Waals surface area contributed by atoms with Crippen molar-refractivity contribution in [3.8, 4) is 0 Å². The molecule has 3 nitrogen and oxygen atoms in total. The van der Waals surface area contributed by atoms with Crippen molar-refractivity contribution in [1.29, 1.82) is 0 Å². The fourth-order valence-corrected chi connectivity index (χ4v) is 0.864. The average molecular weight is 202 g/mol. The monoisotopic (exact) mass is 202 g/mol. The third-order valence-corrected chi connectivity index (χ3v) is 1.78. The van der Waals surface area contributed by atoms with Gasteiger partial charge in [0.2, 0.25) is 0 Å². The molecule has 84 valence electrons. The van der Waals surface area contributed by atoms with Crippen LogP contribution in [0, 0.1) is 5.92 Å². The zero-order chi connectivity index (χ0) is 11.0. The van der Waals surface area contributed by atoms with Gasteiger partial charge in [0, 0.05) is 6.61 Å². The Morgan fingerprint density at radius 2 is 1.93 bits per heavy atom. The molecule has 0 saturated carbocycles. The molecule has 0 bridgehead atoms. The van der Waals surface area contributed by atoms with Crippen LogP contribution in [-0.2, 0) is 14.3 Å². The predicted molar refractivity (Wildman–Crippen MR) is 56.1 cm³/mol. The van der Waals surface area contributed by atoms with Gasteiger partial charge in [0.05, 0.1) is 12.5 Å². The molecule has 0 fully saturated rings. The average Bonchev–Trinajstić information content (AvgIpc) is 2.12. The Bertz CT molecular complexity index is 155. The van der Waals surface area contributed by atoms with Crippen molar-refractivity contribution >= 4 is 5.97 Å². The van der Waals surface area contributed by atoms with E-state index in [9.17, 15) is 4.79 Å². The summed E-state index contributed by atoms with van der Waals surface area (Å²) in [6.45, 7) is 8.87. The van der Waals surface area contributed by atoms with E-state index in [1.54, 1.807) is 0 Å². The van der Waals surface area contributed by atoms with Crippen molar-refractivity contribution in [3.63, 3.8) is 0 Å². The SMILES string of the molecule is CCCCOCC(C)OC(=O)C(C)C. The molecule has 0 amide bonds. The Balaban J connectivity index is 3.45. The van der Waals surface area contributed by atoms with Gasteiger partial charge in [0.15, 0.2) is 0 Å². The molecular formula is C11H22O3. The summed E-state index contributed by atoms with van der Waals surface area (Å²) < 4.78 is 10.5. The van der Waals surface area contributed by atoms with Crippen molar-refractivity contribution < 1.29 is 14.3 Å². The Kier molecular flexibility index (Phi) is 7.48. The molecule has 1 unspecified atom stereocenters. The lowest BCUT2D eigenvalue weighted by Gasteiger charge is -2.14. The largest absolute Gasteiger partial charge is 0.460 e. The number of carbonyl (C=O) groups excluding carboxylic acids is 1. The van der Waals surface area contributed by atoms with E-state index >= 15 is 0 Å². The zero-order valence-electron chi connectivity index (χ0n) is 9.71. The highest BCUT2D eigenvalue weighted by atomic mass is 16.6. The first-order valence-corrected chi connectivity index (χ1v) is 5.36. The van der Waals surface area contributed by atoms with Gasteiger partial charge in [0.1, 0.15) is 6.10 Å². The molecular weight excluding hydrogens is 180 g/mol. The lowest BCUT2D eigenvalue weighted by atomic mass is 10.2. The smallest absolute Gasteiger partial charge is 0.308 e. The third kappa shape index (κ3) is 6.89. The van der Waals surface area contributed by atoms with Gasteiger partial charge in [-0.15, -0.1) is 0 Å². The molecule has 14 heavy (non-hydrogen) atoms. The number of rotatable bonds is 7. The fraction of sp³-hybridized carbons (Fsp3) is 0.909. The fourth-order valence-electron chi connectivity index (χ4n) is 0.864. The molecule has 0 aliphatic heterocycles. The van der Waals surface area contributed by atoms with E-state index in [2.05, 4.69) is 6.92 Å². The topological polar surface area (TPSA) is 35.5 Å². The van der Waals surface area contributed by atoms with Crippen molar-refractivity contribution in [2.45, 2.75) is 46.6 Å². The summed E-state index contributed by atoms with van der Waals surface area (Å²) in [7, 11) is 0. The molecule has 0 heterocycles. The molecule has 0 aliphatic rings. The number of ether oxygens (including phenoxy) is 2. The molecule has 0 N–H and O–H groups in total. The highest BCUT2D eigenvalue weighted by molar-refractivity contribution is 5.71. The van der Waals surface area contributed by atoms with E-state index in [-0.39, 0.29) is 18.0 Å². The molecule has 0 radical (unpaired) electrons. The minimum Gasteiger partial charge on any atom is -0.460 e. The quantitative estimate of drug-likeness (QED) is 0.469. The van der Waals surface area contributed by atoms with Crippen LogP contribution in [0.2, 0.25) is 0 Å². The maximum Gasteiger partial charge on any atom is 0.308 e. The second-order valence-corrected chi connectivity index (χ2v) is 3.83. The Labute approximate surface area is 86.8 Å². The molecule has 0 aromatic carbocycles. The molecule has 1 atom stereocenters. The van der Waals surface area contributed by atoms with Crippen LogP contribution in [0.3, 0.4) is 0 Å². The van der Waals surface area contributed by atoms with E-state index in [1.165, 1.54) is 0 Å². The molecule has 0 aromatic rings. The second kappa shape index (κ2) is 7.80. The molecule has 0 aliphatic carbocycles. The summed E-state index contributed by atoms with van der Waals surface area (Å²) in [5, 5.41) is 0. The van der Waals surface area contributed by atoms with Gasteiger partial charge in [-0.25, -0.2) is 0 Å². The van der Waals surface area contributed by atoms with Gasteiger partial charge < -0.3 is 9.47 Å². The van der Waals surface area contributed by atoms with Gasteiger partial charge in [-0.3, -0.25) is 4.79 Å². The molecule has 0 saturated heterocycles. The zero-order valence-corrected chi connectivity index (χ0v) is 9.71. The molecule has 0 aromatic heterocycles. The Hall–Kier alpha value is -0.570. The first-order chi connectivity index (χ1) is 6.57. The summed E-state index contributed by atoms with van der Waals surface area (Å²) in [5.41, 5.74) is 0. The van der Waals surface area contributed by atoms with Crippen LogP contribution in [0.15, 0.2) is 0 Å². The van der Waals surface area contributed by atoms with Crippen LogP contribution in [-0.4, -0.2) is 25.3 Å². The highest BCUT2D eigenvalue weighted by Gasteiger charge is 2.12. The number of carbonyl (C=O) groups is 1. The van der Waals surface area contributed by atoms with Crippen LogP contribution >= 0.6 is 0 Å². The molecule has 3 heteroatoms. The lowest BCUT2D eigenvalue weighted by Crippen LogP contribution is -2.23. The van der Waals surface area contributed by atoms with Gasteiger partial charge in [-0.1, -0.05) is 27.2 Å². The van der Waals surface area contributed by atoms with Gasteiger partial charge in [0.25, 0.3) is 0 Å². The van der Waals surface area contributed by atoms with E-state index in [0.29, 0.717) is 6.61 Å². The molecule has 0 spiro atoms. The normalized spacial score (nSPS) is 12.9. The highest BCUT2D eigenvalue weighted by Crippen LogP contribution is 2.01. The van der Waals surface area contributed by atoms with Crippen molar-refractivity contribution in [2.24, 2.45) is 5.92 Å². The summed E-state index contributed by atoms with van der Waals surface area (Å²) in [4.78, 5) is 11.2. The predicted octanol–water partition coefficient (Wildman–Crippen LogP) is 2.39. The van der Waals surface area contributed by atoms with E-state index in [4.69, 9.17) is 9.47 Å². The minimum absolute atomic E-state index is 0.0620. The van der Waals surface area contributed by atoms with Crippen LogP contribution in [0.25, 0.3) is 0 Å². The summed E-state index contributed by atoms with van der Waals surface area (Å²) in [5.74, 6) is -0.218. The number of esters is 1. The summed E-state index contributed by atoms with van der Waals surface area (Å²) >= 11 is 0. The first kappa shape index (κ1) is 13.4. The minimum atomic E-state index is -0.156. The number of hydrogen-bond donors (Lipinski definition) is 0. The van der Waals surface area contributed by atoms with E-state index in [1.807, 2.05) is 20.8 Å². The van der Waals surface area contributed by atoms with Gasteiger partial charge in [-0.05, 0) is 13.3 Å². The van der Waals surface area contributed by atoms with Crippen LogP contribution in [0.1, 0.15) is 40.5 Å². The van der Waals surface area contributed by atoms with Crippen molar-refractivity contribution in [3.05, 3.63) is 0 Å². The van der Waals surface area contributed by atoms with Gasteiger partial charge in [-0.2, -0.15) is 0 Å². The summed E-state index contributed by atoms with van der Waals surface area (Å²) in [6, 6.07) is 0. The Morgan fingerprint density at radius 3 is 2.43 bits per heavy atom. The number of unbranched alkanes of at least 4 members (excludes halogenated alkanes) is 1. The lowest BCUT2D eigenvalue weighted by molar-refractivity contribution is -0.154. The maximum atomic E-state index is 11.2.